The van der Waals surface area contributed by atoms with E-state index >= 15 is 0 Å². The zero-order chi connectivity index (χ0) is 19.1. The zero-order valence-corrected chi connectivity index (χ0v) is 14.5. The van der Waals surface area contributed by atoms with Gasteiger partial charge >= 0.3 is 12.1 Å². The standard InChI is InChI=1S/C16H19F3N2O4S/c17-16(18,19)8-20-26(24,25)21-14-10-2-3-11(14)6-13-7-12(15(22)23)4-1-9(13)5-10/h1,4,7,10-11,14,20-21H,2-3,5-6,8H2,(H,22,23). The molecule has 3 rings (SSSR count). The molecule has 10 heteroatoms. The van der Waals surface area contributed by atoms with Gasteiger partial charge in [-0.2, -0.15) is 31.0 Å². The fourth-order valence-corrected chi connectivity index (χ4v) is 5.11. The summed E-state index contributed by atoms with van der Waals surface area (Å²) in [6.45, 7) is -1.62. The van der Waals surface area contributed by atoms with E-state index in [4.69, 9.17) is 5.11 Å². The summed E-state index contributed by atoms with van der Waals surface area (Å²) >= 11 is 0. The van der Waals surface area contributed by atoms with E-state index in [-0.39, 0.29) is 17.4 Å². The summed E-state index contributed by atoms with van der Waals surface area (Å²) in [7, 11) is -4.28. The van der Waals surface area contributed by atoms with Crippen molar-refractivity contribution in [3.05, 3.63) is 34.9 Å². The summed E-state index contributed by atoms with van der Waals surface area (Å²) in [5.41, 5.74) is 2.00. The lowest BCUT2D eigenvalue weighted by Gasteiger charge is -2.23. The average molecular weight is 392 g/mol. The maximum atomic E-state index is 12.3. The van der Waals surface area contributed by atoms with E-state index in [1.165, 1.54) is 10.8 Å². The Morgan fingerprint density at radius 3 is 2.35 bits per heavy atom. The van der Waals surface area contributed by atoms with Gasteiger partial charge in [0.1, 0.15) is 6.54 Å². The molecule has 2 bridgehead atoms. The number of aromatic carboxylic acids is 1. The normalized spacial score (nSPS) is 25.6. The van der Waals surface area contributed by atoms with Crippen molar-refractivity contribution in [2.24, 2.45) is 11.8 Å². The maximum Gasteiger partial charge on any atom is 0.402 e. The van der Waals surface area contributed by atoms with Gasteiger partial charge in [0, 0.05) is 6.04 Å². The predicted octanol–water partition coefficient (Wildman–Crippen LogP) is 1.86. The first kappa shape index (κ1) is 19.1. The molecule has 3 N–H and O–H groups in total. The van der Waals surface area contributed by atoms with Crippen molar-refractivity contribution in [3.63, 3.8) is 0 Å². The van der Waals surface area contributed by atoms with Crippen molar-refractivity contribution >= 4 is 16.2 Å². The molecule has 2 aliphatic rings. The van der Waals surface area contributed by atoms with Crippen molar-refractivity contribution in [2.45, 2.75) is 37.9 Å². The molecule has 1 aromatic carbocycles. The number of carbonyl (C=O) groups is 1. The van der Waals surface area contributed by atoms with Crippen molar-refractivity contribution in [1.29, 1.82) is 0 Å². The van der Waals surface area contributed by atoms with Gasteiger partial charge in [-0.3, -0.25) is 0 Å². The summed E-state index contributed by atoms with van der Waals surface area (Å²) in [5.74, 6) is -1.14. The van der Waals surface area contributed by atoms with Crippen LogP contribution >= 0.6 is 0 Å². The molecule has 1 fully saturated rings. The number of nitrogens with one attached hydrogen (secondary N) is 2. The Hall–Kier alpha value is -1.65. The fourth-order valence-electron chi connectivity index (χ4n) is 3.93. The van der Waals surface area contributed by atoms with Gasteiger partial charge in [-0.05, 0) is 60.8 Å². The van der Waals surface area contributed by atoms with E-state index in [2.05, 4.69) is 4.72 Å². The summed E-state index contributed by atoms with van der Waals surface area (Å²) in [6, 6.07) is 4.39. The van der Waals surface area contributed by atoms with Crippen LogP contribution in [0.2, 0.25) is 0 Å². The molecule has 0 aromatic heterocycles. The van der Waals surface area contributed by atoms with Crippen molar-refractivity contribution in [3.8, 4) is 0 Å². The van der Waals surface area contributed by atoms with E-state index in [1.807, 2.05) is 0 Å². The second-order valence-corrected chi connectivity index (χ2v) is 8.41. The second kappa shape index (κ2) is 6.82. The highest BCUT2D eigenvalue weighted by Gasteiger charge is 2.41. The summed E-state index contributed by atoms with van der Waals surface area (Å²) < 4.78 is 64.7. The molecule has 0 saturated heterocycles. The van der Waals surface area contributed by atoms with E-state index in [0.29, 0.717) is 12.8 Å². The molecule has 0 amide bonds. The van der Waals surface area contributed by atoms with Crippen LogP contribution in [-0.2, 0) is 23.1 Å². The highest BCUT2D eigenvalue weighted by molar-refractivity contribution is 7.87. The van der Waals surface area contributed by atoms with E-state index < -0.39 is 34.9 Å². The summed E-state index contributed by atoms with van der Waals surface area (Å²) in [5, 5.41) is 9.13. The number of carboxylic acid groups (broad SMARTS) is 1. The first-order valence-electron chi connectivity index (χ1n) is 8.23. The van der Waals surface area contributed by atoms with Crippen LogP contribution in [0.3, 0.4) is 0 Å². The largest absolute Gasteiger partial charge is 0.478 e. The Morgan fingerprint density at radius 2 is 1.77 bits per heavy atom. The average Bonchev–Trinajstić information content (AvgIpc) is 2.79. The molecule has 26 heavy (non-hydrogen) atoms. The minimum absolute atomic E-state index is 0.0283. The number of hydrogen-bond acceptors (Lipinski definition) is 3. The minimum Gasteiger partial charge on any atom is -0.478 e. The van der Waals surface area contributed by atoms with Gasteiger partial charge in [0.2, 0.25) is 0 Å². The second-order valence-electron chi connectivity index (χ2n) is 6.88. The molecular formula is C16H19F3N2O4S. The van der Waals surface area contributed by atoms with Gasteiger partial charge in [-0.25, -0.2) is 4.79 Å². The highest BCUT2D eigenvalue weighted by atomic mass is 32.2. The third-order valence-electron chi connectivity index (χ3n) is 5.10. The third kappa shape index (κ3) is 4.36. The molecule has 2 aliphatic carbocycles. The minimum atomic E-state index is -4.62. The van der Waals surface area contributed by atoms with Crippen molar-refractivity contribution in [1.82, 2.24) is 9.44 Å². The number of carboxylic acids is 1. The molecular weight excluding hydrogens is 373 g/mol. The first-order valence-corrected chi connectivity index (χ1v) is 9.71. The first-order chi connectivity index (χ1) is 12.0. The van der Waals surface area contributed by atoms with Gasteiger partial charge in [0.05, 0.1) is 5.56 Å². The number of alkyl halides is 3. The predicted molar refractivity (Wildman–Crippen MR) is 86.9 cm³/mol. The Balaban J connectivity index is 1.77. The van der Waals surface area contributed by atoms with Crippen LogP contribution < -0.4 is 9.44 Å². The third-order valence-corrected chi connectivity index (χ3v) is 6.20. The number of rotatable bonds is 5. The van der Waals surface area contributed by atoms with Crippen molar-refractivity contribution < 1.29 is 31.5 Å². The number of halogens is 3. The number of hydrogen-bond donors (Lipinski definition) is 3. The van der Waals surface area contributed by atoms with Gasteiger partial charge in [-0.15, -0.1) is 0 Å². The molecule has 1 saturated carbocycles. The molecule has 3 unspecified atom stereocenters. The lowest BCUT2D eigenvalue weighted by molar-refractivity contribution is -0.121. The molecule has 0 heterocycles. The Bertz CT molecular complexity index is 810. The van der Waals surface area contributed by atoms with Crippen LogP contribution in [0.25, 0.3) is 0 Å². The zero-order valence-electron chi connectivity index (χ0n) is 13.7. The molecule has 0 radical (unpaired) electrons. The molecule has 3 atom stereocenters. The van der Waals surface area contributed by atoms with Crippen LogP contribution in [0.15, 0.2) is 18.2 Å². The number of benzene rings is 1. The van der Waals surface area contributed by atoms with Gasteiger partial charge in [0.15, 0.2) is 0 Å². The smallest absolute Gasteiger partial charge is 0.402 e. The molecule has 0 spiro atoms. The topological polar surface area (TPSA) is 95.5 Å². The van der Waals surface area contributed by atoms with Gasteiger partial charge in [-0.1, -0.05) is 6.07 Å². The SMILES string of the molecule is O=C(O)c1ccc2c(c1)CC1CCC(C2)C1NS(=O)(=O)NCC(F)(F)F. The number of fused-ring (bicyclic) bond motifs is 3. The van der Waals surface area contributed by atoms with Crippen LogP contribution in [0.5, 0.6) is 0 Å². The fraction of sp³-hybridized carbons (Fsp3) is 0.562. The van der Waals surface area contributed by atoms with Crippen molar-refractivity contribution in [2.75, 3.05) is 6.54 Å². The van der Waals surface area contributed by atoms with Gasteiger partial charge in [0.25, 0.3) is 10.2 Å². The molecule has 0 aliphatic heterocycles. The summed E-state index contributed by atoms with van der Waals surface area (Å²) in [4.78, 5) is 11.1. The van der Waals surface area contributed by atoms with Gasteiger partial charge < -0.3 is 5.11 Å². The van der Waals surface area contributed by atoms with E-state index in [9.17, 15) is 26.4 Å². The van der Waals surface area contributed by atoms with E-state index in [1.54, 1.807) is 12.1 Å². The maximum absolute atomic E-state index is 12.3. The monoisotopic (exact) mass is 392 g/mol. The molecule has 1 aromatic rings. The van der Waals surface area contributed by atoms with Crippen LogP contribution in [0.1, 0.15) is 34.3 Å². The Labute approximate surface area is 149 Å². The summed E-state index contributed by atoms with van der Waals surface area (Å²) in [6.07, 6.45) is -2.04. The van der Waals surface area contributed by atoms with Crippen LogP contribution in [0.4, 0.5) is 13.2 Å². The van der Waals surface area contributed by atoms with Crippen LogP contribution in [-0.4, -0.2) is 38.3 Å². The molecule has 6 nitrogen and oxygen atoms in total. The quantitative estimate of drug-likeness (QED) is 0.713. The highest BCUT2D eigenvalue weighted by Crippen LogP contribution is 2.40. The Morgan fingerprint density at radius 1 is 1.15 bits per heavy atom. The molecule has 144 valence electrons. The Kier molecular flexibility index (Phi) is 5.02. The lowest BCUT2D eigenvalue weighted by Crippen LogP contribution is -2.49. The lowest BCUT2D eigenvalue weighted by atomic mass is 9.92. The van der Waals surface area contributed by atoms with Crippen LogP contribution in [0, 0.1) is 11.8 Å². The van der Waals surface area contributed by atoms with E-state index in [0.717, 1.165) is 24.0 Å².